The van der Waals surface area contributed by atoms with Crippen molar-refractivity contribution in [3.63, 3.8) is 0 Å². The van der Waals surface area contributed by atoms with Gasteiger partial charge in [0.2, 0.25) is 0 Å². The molecule has 1 aromatic carbocycles. The minimum absolute atomic E-state index is 0.419. The van der Waals surface area contributed by atoms with Crippen LogP contribution in [0.1, 0.15) is 0 Å². The van der Waals surface area contributed by atoms with Gasteiger partial charge in [0, 0.05) is 18.5 Å². The summed E-state index contributed by atoms with van der Waals surface area (Å²) in [5.74, 6) is 0. The predicted molar refractivity (Wildman–Crippen MR) is 53.5 cm³/mol. The van der Waals surface area contributed by atoms with Gasteiger partial charge in [-0.15, -0.1) is 0 Å². The molecule has 0 saturated carbocycles. The van der Waals surface area contributed by atoms with Crippen LogP contribution in [0.4, 0.5) is 5.69 Å². The van der Waals surface area contributed by atoms with Crippen molar-refractivity contribution in [3.8, 4) is 0 Å². The number of nitrogens with zero attached hydrogens (tertiary/aromatic N) is 1. The molecule has 0 saturated heterocycles. The quantitative estimate of drug-likeness (QED) is 0.710. The normalized spacial score (nSPS) is 21.2. The molecule has 1 heterocycles. The third-order valence-electron chi connectivity index (χ3n) is 2.14. The van der Waals surface area contributed by atoms with E-state index in [0.29, 0.717) is 11.9 Å². The summed E-state index contributed by atoms with van der Waals surface area (Å²) >= 11 is 1.85. The summed E-state index contributed by atoms with van der Waals surface area (Å²) in [5, 5.41) is 0.419. The van der Waals surface area contributed by atoms with E-state index in [2.05, 4.69) is 36.2 Å². The van der Waals surface area contributed by atoms with Gasteiger partial charge in [0.25, 0.3) is 0 Å². The van der Waals surface area contributed by atoms with Crippen molar-refractivity contribution in [3.05, 3.63) is 24.3 Å². The van der Waals surface area contributed by atoms with Gasteiger partial charge in [0.05, 0.1) is 11.1 Å². The molecule has 1 atom stereocenters. The van der Waals surface area contributed by atoms with E-state index in [0.717, 1.165) is 0 Å². The standard InChI is InChI=1S/C9H12N2S/c1-11-7-4-2-3-5-8(7)12-9(11)6-10/h2-5,9H,6,10H2,1H3. The Morgan fingerprint density at radius 2 is 2.25 bits per heavy atom. The fourth-order valence-electron chi connectivity index (χ4n) is 1.44. The average molecular weight is 180 g/mol. The van der Waals surface area contributed by atoms with E-state index >= 15 is 0 Å². The predicted octanol–water partition coefficient (Wildman–Crippen LogP) is 1.51. The van der Waals surface area contributed by atoms with E-state index in [9.17, 15) is 0 Å². The highest BCUT2D eigenvalue weighted by Gasteiger charge is 2.24. The number of rotatable bonds is 1. The maximum absolute atomic E-state index is 5.64. The topological polar surface area (TPSA) is 29.3 Å². The van der Waals surface area contributed by atoms with Crippen LogP contribution in [-0.4, -0.2) is 19.0 Å². The molecule has 0 aromatic heterocycles. The molecule has 2 nitrogen and oxygen atoms in total. The maximum atomic E-state index is 5.64. The highest BCUT2D eigenvalue weighted by molar-refractivity contribution is 8.00. The first-order valence-electron chi connectivity index (χ1n) is 4.01. The number of likely N-dealkylation sites (N-methyl/N-ethyl adjacent to an activating group) is 1. The summed E-state index contributed by atoms with van der Waals surface area (Å²) < 4.78 is 0. The Kier molecular flexibility index (Phi) is 1.98. The molecule has 1 aromatic rings. The number of hydrogen-bond acceptors (Lipinski definition) is 3. The Morgan fingerprint density at radius 1 is 1.50 bits per heavy atom. The van der Waals surface area contributed by atoms with E-state index in [4.69, 9.17) is 5.73 Å². The Bertz CT molecular complexity index is 288. The van der Waals surface area contributed by atoms with E-state index in [1.165, 1.54) is 10.6 Å². The van der Waals surface area contributed by atoms with Crippen LogP contribution in [0.3, 0.4) is 0 Å². The van der Waals surface area contributed by atoms with Gasteiger partial charge in [-0.2, -0.15) is 0 Å². The summed E-state index contributed by atoms with van der Waals surface area (Å²) in [6.07, 6.45) is 0. The number of benzene rings is 1. The zero-order valence-electron chi connectivity index (χ0n) is 7.03. The fraction of sp³-hybridized carbons (Fsp3) is 0.333. The lowest BCUT2D eigenvalue weighted by molar-refractivity contribution is 0.844. The summed E-state index contributed by atoms with van der Waals surface area (Å²) in [5.41, 5.74) is 6.94. The van der Waals surface area contributed by atoms with Crippen LogP contribution in [0.15, 0.2) is 29.2 Å². The number of fused-ring (bicyclic) bond motifs is 1. The van der Waals surface area contributed by atoms with Gasteiger partial charge >= 0.3 is 0 Å². The summed E-state index contributed by atoms with van der Waals surface area (Å²) in [6, 6.07) is 8.41. The molecule has 1 unspecified atom stereocenters. The zero-order valence-corrected chi connectivity index (χ0v) is 7.84. The zero-order chi connectivity index (χ0) is 8.55. The van der Waals surface area contributed by atoms with E-state index in [1.807, 2.05) is 11.8 Å². The lowest BCUT2D eigenvalue weighted by Gasteiger charge is -2.19. The first-order valence-corrected chi connectivity index (χ1v) is 4.89. The number of nitrogens with two attached hydrogens (primary N) is 1. The number of hydrogen-bond donors (Lipinski definition) is 1. The molecule has 1 aliphatic heterocycles. The molecule has 0 spiro atoms. The number of para-hydroxylation sites is 1. The fourth-order valence-corrected chi connectivity index (χ4v) is 2.59. The van der Waals surface area contributed by atoms with Crippen molar-refractivity contribution in [2.45, 2.75) is 10.3 Å². The van der Waals surface area contributed by atoms with Crippen LogP contribution >= 0.6 is 11.8 Å². The highest BCUT2D eigenvalue weighted by atomic mass is 32.2. The number of thioether (sulfide) groups is 1. The molecule has 0 fully saturated rings. The second-order valence-electron chi connectivity index (χ2n) is 2.89. The number of anilines is 1. The summed E-state index contributed by atoms with van der Waals surface area (Å²) in [6.45, 7) is 0.704. The molecule has 0 radical (unpaired) electrons. The minimum atomic E-state index is 0.419. The van der Waals surface area contributed by atoms with Crippen molar-refractivity contribution in [1.82, 2.24) is 0 Å². The van der Waals surface area contributed by atoms with Crippen LogP contribution in [0.2, 0.25) is 0 Å². The Morgan fingerprint density at radius 3 is 2.92 bits per heavy atom. The molecular weight excluding hydrogens is 168 g/mol. The van der Waals surface area contributed by atoms with Crippen LogP contribution in [-0.2, 0) is 0 Å². The summed E-state index contributed by atoms with van der Waals surface area (Å²) in [7, 11) is 2.09. The average Bonchev–Trinajstić information content (AvgIpc) is 2.44. The van der Waals surface area contributed by atoms with Crippen molar-refractivity contribution in [1.29, 1.82) is 0 Å². The van der Waals surface area contributed by atoms with Gasteiger partial charge in [-0.05, 0) is 12.1 Å². The molecule has 0 amide bonds. The monoisotopic (exact) mass is 180 g/mol. The molecule has 0 aliphatic carbocycles. The third kappa shape index (κ3) is 1.09. The van der Waals surface area contributed by atoms with Crippen molar-refractivity contribution < 1.29 is 0 Å². The van der Waals surface area contributed by atoms with E-state index in [-0.39, 0.29) is 0 Å². The molecular formula is C9H12N2S. The Labute approximate surface area is 76.7 Å². The molecule has 2 N–H and O–H groups in total. The lowest BCUT2D eigenvalue weighted by Crippen LogP contribution is -2.31. The Balaban J connectivity index is 2.35. The maximum Gasteiger partial charge on any atom is 0.0916 e. The van der Waals surface area contributed by atoms with Gasteiger partial charge in [-0.25, -0.2) is 0 Å². The molecule has 3 heteroatoms. The minimum Gasteiger partial charge on any atom is -0.360 e. The van der Waals surface area contributed by atoms with Gasteiger partial charge in [-0.3, -0.25) is 0 Å². The molecule has 12 heavy (non-hydrogen) atoms. The van der Waals surface area contributed by atoms with Gasteiger partial charge in [0.1, 0.15) is 0 Å². The van der Waals surface area contributed by atoms with E-state index < -0.39 is 0 Å². The van der Waals surface area contributed by atoms with Crippen LogP contribution in [0.5, 0.6) is 0 Å². The van der Waals surface area contributed by atoms with Gasteiger partial charge in [-0.1, -0.05) is 23.9 Å². The largest absolute Gasteiger partial charge is 0.360 e. The Hall–Kier alpha value is -0.670. The highest BCUT2D eigenvalue weighted by Crippen LogP contribution is 2.41. The second kappa shape index (κ2) is 2.99. The van der Waals surface area contributed by atoms with Crippen molar-refractivity contribution in [2.75, 3.05) is 18.5 Å². The molecule has 0 bridgehead atoms. The van der Waals surface area contributed by atoms with Crippen molar-refractivity contribution >= 4 is 17.4 Å². The molecule has 1 aliphatic rings. The first kappa shape index (κ1) is 7.95. The van der Waals surface area contributed by atoms with E-state index in [1.54, 1.807) is 0 Å². The van der Waals surface area contributed by atoms with Crippen LogP contribution in [0.25, 0.3) is 0 Å². The lowest BCUT2D eigenvalue weighted by atomic mass is 10.3. The van der Waals surface area contributed by atoms with Gasteiger partial charge in [0.15, 0.2) is 0 Å². The SMILES string of the molecule is CN1c2ccccc2SC1CN. The third-order valence-corrected chi connectivity index (χ3v) is 3.52. The van der Waals surface area contributed by atoms with Crippen molar-refractivity contribution in [2.24, 2.45) is 5.73 Å². The summed E-state index contributed by atoms with van der Waals surface area (Å²) in [4.78, 5) is 3.58. The van der Waals surface area contributed by atoms with Gasteiger partial charge < -0.3 is 10.6 Å². The molecule has 2 rings (SSSR count). The van der Waals surface area contributed by atoms with Crippen LogP contribution in [0, 0.1) is 0 Å². The molecule has 64 valence electrons. The smallest absolute Gasteiger partial charge is 0.0916 e. The second-order valence-corrected chi connectivity index (χ2v) is 4.11. The first-order chi connectivity index (χ1) is 5.83. The van der Waals surface area contributed by atoms with Crippen LogP contribution < -0.4 is 10.6 Å².